The normalized spacial score (nSPS) is 11.5. The zero-order valence-corrected chi connectivity index (χ0v) is 22.5. The second-order valence-electron chi connectivity index (χ2n) is 8.08. The van der Waals surface area contributed by atoms with Crippen LogP contribution in [0.2, 0.25) is 0 Å². The summed E-state index contributed by atoms with van der Waals surface area (Å²) in [5.74, 6) is -0.707. The molecule has 0 spiro atoms. The van der Waals surface area contributed by atoms with Crippen molar-refractivity contribution >= 4 is 43.8 Å². The number of para-hydroxylation sites is 1. The van der Waals surface area contributed by atoms with Gasteiger partial charge in [0.25, 0.3) is 21.5 Å². The standard InChI is InChI=1S/C26H24BrN5O4S/c1-19-25(26(34)32(30(19)2)22-9-5-3-6-10-22)31(37(35,36)23-11-7-4-8-12-23)18-24(33)29-28-17-20-13-15-21(27)16-14-20/h3-17H,18H2,1-2H3,(H,29,33)/b28-17-. The summed E-state index contributed by atoms with van der Waals surface area (Å²) in [7, 11) is -2.62. The van der Waals surface area contributed by atoms with Gasteiger partial charge in [0.05, 0.1) is 22.5 Å². The van der Waals surface area contributed by atoms with Gasteiger partial charge in [0.1, 0.15) is 12.2 Å². The Hall–Kier alpha value is -3.96. The number of hydrogen-bond donors (Lipinski definition) is 1. The molecule has 0 saturated carbocycles. The fourth-order valence-corrected chi connectivity index (χ4v) is 5.50. The van der Waals surface area contributed by atoms with Crippen LogP contribution in [-0.4, -0.2) is 36.4 Å². The van der Waals surface area contributed by atoms with Crippen molar-refractivity contribution in [3.05, 3.63) is 111 Å². The molecule has 11 heteroatoms. The number of nitrogens with zero attached hydrogens (tertiary/aromatic N) is 4. The average Bonchev–Trinajstić information content (AvgIpc) is 3.12. The van der Waals surface area contributed by atoms with Crippen molar-refractivity contribution in [3.8, 4) is 5.69 Å². The summed E-state index contributed by atoms with van der Waals surface area (Å²) in [5.41, 5.74) is 3.34. The molecule has 1 heterocycles. The van der Waals surface area contributed by atoms with Crippen LogP contribution in [0.25, 0.3) is 5.69 Å². The maximum absolute atomic E-state index is 13.7. The molecule has 9 nitrogen and oxygen atoms in total. The lowest BCUT2D eigenvalue weighted by Gasteiger charge is -2.22. The highest BCUT2D eigenvalue weighted by molar-refractivity contribution is 9.10. The molecular weight excluding hydrogens is 558 g/mol. The van der Waals surface area contributed by atoms with Gasteiger partial charge in [-0.25, -0.2) is 22.8 Å². The van der Waals surface area contributed by atoms with Crippen molar-refractivity contribution < 1.29 is 13.2 Å². The SMILES string of the molecule is Cc1c(N(CC(=O)N/N=C\c2ccc(Br)cc2)S(=O)(=O)c2ccccc2)c(=O)n(-c2ccccc2)n1C. The predicted octanol–water partition coefficient (Wildman–Crippen LogP) is 3.59. The smallest absolute Gasteiger partial charge is 0.283 e. The second-order valence-corrected chi connectivity index (χ2v) is 10.9. The third kappa shape index (κ3) is 5.57. The van der Waals surface area contributed by atoms with E-state index >= 15 is 0 Å². The molecule has 37 heavy (non-hydrogen) atoms. The van der Waals surface area contributed by atoms with E-state index in [0.29, 0.717) is 11.4 Å². The van der Waals surface area contributed by atoms with E-state index in [1.54, 1.807) is 73.3 Å². The fraction of sp³-hybridized carbons (Fsp3) is 0.115. The van der Waals surface area contributed by atoms with Crippen LogP contribution in [-0.2, 0) is 21.9 Å². The maximum Gasteiger partial charge on any atom is 0.296 e. The lowest BCUT2D eigenvalue weighted by Crippen LogP contribution is -2.42. The van der Waals surface area contributed by atoms with E-state index in [1.807, 2.05) is 18.2 Å². The number of benzene rings is 3. The summed E-state index contributed by atoms with van der Waals surface area (Å²) >= 11 is 3.35. The lowest BCUT2D eigenvalue weighted by atomic mass is 10.2. The fourth-order valence-electron chi connectivity index (χ4n) is 3.74. The summed E-state index contributed by atoms with van der Waals surface area (Å²) < 4.78 is 32.1. The molecule has 0 aliphatic rings. The van der Waals surface area contributed by atoms with Crippen molar-refractivity contribution in [3.63, 3.8) is 0 Å². The van der Waals surface area contributed by atoms with E-state index in [2.05, 4.69) is 26.5 Å². The average molecular weight is 582 g/mol. The van der Waals surface area contributed by atoms with E-state index < -0.39 is 28.0 Å². The van der Waals surface area contributed by atoms with Crippen LogP contribution < -0.4 is 15.3 Å². The Kier molecular flexibility index (Phi) is 7.74. The van der Waals surface area contributed by atoms with Crippen molar-refractivity contribution in [2.45, 2.75) is 11.8 Å². The van der Waals surface area contributed by atoms with E-state index in [9.17, 15) is 18.0 Å². The number of carbonyl (C=O) groups is 1. The van der Waals surface area contributed by atoms with Gasteiger partial charge in [-0.2, -0.15) is 5.10 Å². The Balaban J connectivity index is 1.73. The first-order valence-electron chi connectivity index (χ1n) is 11.2. The lowest BCUT2D eigenvalue weighted by molar-refractivity contribution is -0.119. The minimum absolute atomic E-state index is 0.0462. The Morgan fingerprint density at radius 2 is 1.59 bits per heavy atom. The Morgan fingerprint density at radius 3 is 2.22 bits per heavy atom. The van der Waals surface area contributed by atoms with Gasteiger partial charge in [-0.15, -0.1) is 0 Å². The molecular formula is C26H24BrN5O4S. The molecule has 190 valence electrons. The summed E-state index contributed by atoms with van der Waals surface area (Å²) in [6.07, 6.45) is 1.44. The molecule has 0 fully saturated rings. The van der Waals surface area contributed by atoms with E-state index in [1.165, 1.54) is 23.0 Å². The van der Waals surface area contributed by atoms with Crippen molar-refractivity contribution in [1.29, 1.82) is 0 Å². The van der Waals surface area contributed by atoms with Gasteiger partial charge in [-0.05, 0) is 48.9 Å². The summed E-state index contributed by atoms with van der Waals surface area (Å²) in [6.45, 7) is 0.983. The van der Waals surface area contributed by atoms with Crippen molar-refractivity contribution in [2.75, 3.05) is 10.8 Å². The zero-order chi connectivity index (χ0) is 26.6. The maximum atomic E-state index is 13.7. The number of aromatic nitrogens is 2. The predicted molar refractivity (Wildman–Crippen MR) is 147 cm³/mol. The van der Waals surface area contributed by atoms with Crippen LogP contribution in [0.3, 0.4) is 0 Å². The second kappa shape index (κ2) is 11.0. The van der Waals surface area contributed by atoms with Gasteiger partial charge in [0.15, 0.2) is 0 Å². The quantitative estimate of drug-likeness (QED) is 0.253. The molecule has 4 rings (SSSR count). The Labute approximate surface area is 222 Å². The largest absolute Gasteiger partial charge is 0.296 e. The highest BCUT2D eigenvalue weighted by atomic mass is 79.9. The van der Waals surface area contributed by atoms with Crippen LogP contribution in [0.15, 0.2) is 104 Å². The Bertz CT molecular complexity index is 1600. The molecule has 0 atom stereocenters. The molecule has 1 aromatic heterocycles. The third-order valence-corrected chi connectivity index (χ3v) is 7.95. The molecule has 0 aliphatic carbocycles. The van der Waals surface area contributed by atoms with Crippen LogP contribution >= 0.6 is 15.9 Å². The number of amides is 1. The number of halogens is 1. The molecule has 0 saturated heterocycles. The topological polar surface area (TPSA) is 106 Å². The molecule has 0 aliphatic heterocycles. The molecule has 0 bridgehead atoms. The zero-order valence-electron chi connectivity index (χ0n) is 20.1. The monoisotopic (exact) mass is 581 g/mol. The van der Waals surface area contributed by atoms with Crippen molar-refractivity contribution in [1.82, 2.24) is 14.8 Å². The molecule has 4 aromatic rings. The van der Waals surface area contributed by atoms with Crippen LogP contribution in [0.4, 0.5) is 5.69 Å². The first kappa shape index (κ1) is 26.1. The first-order valence-corrected chi connectivity index (χ1v) is 13.4. The van der Waals surface area contributed by atoms with Gasteiger partial charge >= 0.3 is 0 Å². The van der Waals surface area contributed by atoms with Gasteiger partial charge in [0, 0.05) is 11.5 Å². The highest BCUT2D eigenvalue weighted by Gasteiger charge is 2.33. The van der Waals surface area contributed by atoms with Gasteiger partial charge in [-0.3, -0.25) is 14.3 Å². The highest BCUT2D eigenvalue weighted by Crippen LogP contribution is 2.25. The summed E-state index contributed by atoms with van der Waals surface area (Å²) in [5, 5.41) is 3.94. The summed E-state index contributed by atoms with van der Waals surface area (Å²) in [4.78, 5) is 26.4. The van der Waals surface area contributed by atoms with Gasteiger partial charge < -0.3 is 0 Å². The summed E-state index contributed by atoms with van der Waals surface area (Å²) in [6, 6.07) is 23.8. The number of anilines is 1. The Morgan fingerprint density at radius 1 is 1.00 bits per heavy atom. The number of carbonyl (C=O) groups excluding carboxylic acids is 1. The molecule has 0 radical (unpaired) electrons. The molecule has 1 N–H and O–H groups in total. The molecule has 0 unspecified atom stereocenters. The third-order valence-electron chi connectivity index (χ3n) is 5.66. The van der Waals surface area contributed by atoms with E-state index in [0.717, 1.165) is 14.3 Å². The van der Waals surface area contributed by atoms with E-state index in [-0.39, 0.29) is 10.6 Å². The number of hydrazone groups is 1. The van der Waals surface area contributed by atoms with Crippen LogP contribution in [0.1, 0.15) is 11.3 Å². The van der Waals surface area contributed by atoms with Crippen molar-refractivity contribution in [2.24, 2.45) is 12.1 Å². The van der Waals surface area contributed by atoms with Crippen LogP contribution in [0, 0.1) is 6.92 Å². The first-order chi connectivity index (χ1) is 17.7. The number of sulfonamides is 1. The number of rotatable bonds is 8. The molecule has 3 aromatic carbocycles. The minimum atomic E-state index is -4.27. The van der Waals surface area contributed by atoms with Crippen LogP contribution in [0.5, 0.6) is 0 Å². The number of hydrogen-bond acceptors (Lipinski definition) is 5. The molecule has 1 amide bonds. The van der Waals surface area contributed by atoms with E-state index in [4.69, 9.17) is 0 Å². The van der Waals surface area contributed by atoms with Gasteiger partial charge in [0.2, 0.25) is 0 Å². The minimum Gasteiger partial charge on any atom is -0.283 e. The van der Waals surface area contributed by atoms with Gasteiger partial charge in [-0.1, -0.05) is 64.5 Å². The number of nitrogens with one attached hydrogen (secondary N) is 1.